The van der Waals surface area contributed by atoms with E-state index >= 15 is 0 Å². The zero-order valence-corrected chi connectivity index (χ0v) is 13.7. The second-order valence-corrected chi connectivity index (χ2v) is 7.63. The monoisotopic (exact) mass is 329 g/mol. The number of aromatic nitrogens is 1. The Morgan fingerprint density at radius 1 is 1.29 bits per heavy atom. The molecule has 8 heteroatoms. The Morgan fingerprint density at radius 3 is 2.43 bits per heavy atom. The first kappa shape index (κ1) is 15.7. The second-order valence-electron chi connectivity index (χ2n) is 4.81. The summed E-state index contributed by atoms with van der Waals surface area (Å²) >= 11 is 1.25. The number of halogens is 1. The predicted molar refractivity (Wildman–Crippen MR) is 82.7 cm³/mol. The van der Waals surface area contributed by atoms with E-state index in [-0.39, 0.29) is 21.3 Å². The molecule has 0 aliphatic heterocycles. The number of sulfonamides is 1. The fraction of sp³-hybridized carbons (Fsp3) is 0.308. The van der Waals surface area contributed by atoms with Gasteiger partial charge in [0, 0.05) is 4.88 Å². The van der Waals surface area contributed by atoms with Crippen molar-refractivity contribution < 1.29 is 12.8 Å². The lowest BCUT2D eigenvalue weighted by molar-refractivity contribution is 0.598. The zero-order valence-electron chi connectivity index (χ0n) is 12.1. The lowest BCUT2D eigenvalue weighted by atomic mass is 10.1. The van der Waals surface area contributed by atoms with Crippen molar-refractivity contribution in [3.05, 3.63) is 33.6 Å². The third-order valence-electron chi connectivity index (χ3n) is 3.22. The molecule has 0 radical (unpaired) electrons. The Balaban J connectivity index is 2.52. The van der Waals surface area contributed by atoms with Gasteiger partial charge in [-0.15, -0.1) is 11.3 Å². The molecule has 0 aliphatic carbocycles. The third-order valence-corrected chi connectivity index (χ3v) is 5.97. The molecule has 0 bridgehead atoms. The summed E-state index contributed by atoms with van der Waals surface area (Å²) < 4.78 is 41.0. The number of nitrogen functional groups attached to an aromatic ring is 1. The van der Waals surface area contributed by atoms with Gasteiger partial charge in [-0.1, -0.05) is 0 Å². The van der Waals surface area contributed by atoms with Crippen molar-refractivity contribution in [1.29, 1.82) is 0 Å². The van der Waals surface area contributed by atoms with Crippen molar-refractivity contribution in [3.8, 4) is 0 Å². The smallest absolute Gasteiger partial charge is 0.264 e. The van der Waals surface area contributed by atoms with Gasteiger partial charge >= 0.3 is 0 Å². The van der Waals surface area contributed by atoms with Gasteiger partial charge in [0.25, 0.3) is 10.0 Å². The first-order chi connectivity index (χ1) is 9.63. The minimum atomic E-state index is -3.87. The van der Waals surface area contributed by atoms with E-state index in [0.717, 1.165) is 16.6 Å². The van der Waals surface area contributed by atoms with E-state index in [1.807, 2.05) is 6.92 Å². The van der Waals surface area contributed by atoms with Crippen molar-refractivity contribution in [2.24, 2.45) is 0 Å². The fourth-order valence-electron chi connectivity index (χ4n) is 2.03. The molecule has 2 rings (SSSR count). The summed E-state index contributed by atoms with van der Waals surface area (Å²) in [5.41, 5.74) is 6.70. The molecule has 0 fully saturated rings. The van der Waals surface area contributed by atoms with Gasteiger partial charge in [0.05, 0.1) is 16.3 Å². The number of benzene rings is 1. The number of thiazole rings is 1. The van der Waals surface area contributed by atoms with E-state index in [9.17, 15) is 12.8 Å². The first-order valence-corrected chi connectivity index (χ1v) is 8.45. The van der Waals surface area contributed by atoms with Crippen LogP contribution in [0.3, 0.4) is 0 Å². The van der Waals surface area contributed by atoms with Crippen molar-refractivity contribution in [2.45, 2.75) is 32.6 Å². The number of nitrogens with one attached hydrogen (secondary N) is 1. The van der Waals surface area contributed by atoms with E-state index in [1.165, 1.54) is 25.2 Å². The quantitative estimate of drug-likeness (QED) is 0.848. The number of nitrogens with two attached hydrogens (primary N) is 1. The number of hydrogen-bond acceptors (Lipinski definition) is 5. The van der Waals surface area contributed by atoms with Gasteiger partial charge < -0.3 is 5.73 Å². The molecule has 0 aliphatic rings. The molecule has 5 nitrogen and oxygen atoms in total. The van der Waals surface area contributed by atoms with Crippen LogP contribution in [-0.4, -0.2) is 13.4 Å². The summed E-state index contributed by atoms with van der Waals surface area (Å²) in [5.74, 6) is -0.620. The summed E-state index contributed by atoms with van der Waals surface area (Å²) in [4.78, 5) is 5.07. The number of hydrogen-bond donors (Lipinski definition) is 2. The highest BCUT2D eigenvalue weighted by Gasteiger charge is 2.24. The van der Waals surface area contributed by atoms with Crippen LogP contribution in [-0.2, 0) is 10.0 Å². The van der Waals surface area contributed by atoms with Gasteiger partial charge in [-0.05, 0) is 44.9 Å². The predicted octanol–water partition coefficient (Wildman–Crippen LogP) is 2.90. The Labute approximate surface area is 127 Å². The molecule has 1 aromatic carbocycles. The Bertz CT molecular complexity index is 794. The number of aryl methyl sites for hydroxylation is 3. The minimum absolute atomic E-state index is 0.00749. The maximum atomic E-state index is 13.5. The largest absolute Gasteiger partial charge is 0.396 e. The zero-order chi connectivity index (χ0) is 15.9. The van der Waals surface area contributed by atoms with Crippen LogP contribution >= 0.6 is 11.3 Å². The molecule has 0 atom stereocenters. The SMILES string of the molecule is Cc1cc(F)c(N)c(C)c1S(=O)(=O)Nc1nc(C)c(C)s1. The van der Waals surface area contributed by atoms with Gasteiger partial charge in [0.2, 0.25) is 0 Å². The van der Waals surface area contributed by atoms with E-state index in [1.54, 1.807) is 6.92 Å². The summed E-state index contributed by atoms with van der Waals surface area (Å²) in [6.45, 7) is 6.67. The van der Waals surface area contributed by atoms with Crippen LogP contribution in [0, 0.1) is 33.5 Å². The van der Waals surface area contributed by atoms with E-state index in [0.29, 0.717) is 5.56 Å². The molecule has 0 saturated carbocycles. The molecule has 3 N–H and O–H groups in total. The first-order valence-electron chi connectivity index (χ1n) is 6.15. The lowest BCUT2D eigenvalue weighted by Gasteiger charge is -2.13. The Kier molecular flexibility index (Phi) is 3.94. The van der Waals surface area contributed by atoms with E-state index in [4.69, 9.17) is 5.73 Å². The molecule has 0 saturated heterocycles. The summed E-state index contributed by atoms with van der Waals surface area (Å²) in [6.07, 6.45) is 0. The van der Waals surface area contributed by atoms with Crippen molar-refractivity contribution in [1.82, 2.24) is 4.98 Å². The highest BCUT2D eigenvalue weighted by molar-refractivity contribution is 7.93. The molecule has 1 heterocycles. The van der Waals surface area contributed by atoms with Crippen LogP contribution in [0.15, 0.2) is 11.0 Å². The minimum Gasteiger partial charge on any atom is -0.396 e. The average molecular weight is 329 g/mol. The van der Waals surface area contributed by atoms with Gasteiger partial charge in [0.15, 0.2) is 5.13 Å². The van der Waals surface area contributed by atoms with Crippen LogP contribution in [0.2, 0.25) is 0 Å². The van der Waals surface area contributed by atoms with Crippen molar-refractivity contribution in [2.75, 3.05) is 10.5 Å². The van der Waals surface area contributed by atoms with Crippen molar-refractivity contribution in [3.63, 3.8) is 0 Å². The number of nitrogens with zero attached hydrogens (tertiary/aromatic N) is 1. The Morgan fingerprint density at radius 2 is 1.90 bits per heavy atom. The highest BCUT2D eigenvalue weighted by atomic mass is 32.2. The second kappa shape index (κ2) is 5.27. The lowest BCUT2D eigenvalue weighted by Crippen LogP contribution is -2.17. The van der Waals surface area contributed by atoms with Crippen LogP contribution < -0.4 is 10.5 Å². The topological polar surface area (TPSA) is 85.1 Å². The molecule has 21 heavy (non-hydrogen) atoms. The highest BCUT2D eigenvalue weighted by Crippen LogP contribution is 2.30. The van der Waals surface area contributed by atoms with Gasteiger partial charge in [0.1, 0.15) is 5.82 Å². The van der Waals surface area contributed by atoms with Crippen LogP contribution in [0.25, 0.3) is 0 Å². The molecule has 0 amide bonds. The normalized spacial score (nSPS) is 11.7. The third kappa shape index (κ3) is 2.86. The summed E-state index contributed by atoms with van der Waals surface area (Å²) in [5, 5.41) is 0.284. The molecular weight excluding hydrogens is 313 g/mol. The maximum absolute atomic E-state index is 13.5. The maximum Gasteiger partial charge on any atom is 0.264 e. The fourth-order valence-corrected chi connectivity index (χ4v) is 4.56. The van der Waals surface area contributed by atoms with Gasteiger partial charge in [-0.2, -0.15) is 0 Å². The average Bonchev–Trinajstić information content (AvgIpc) is 2.64. The molecular formula is C13H16FN3O2S2. The molecule has 0 spiro atoms. The Hall–Kier alpha value is -1.67. The van der Waals surface area contributed by atoms with Crippen LogP contribution in [0.1, 0.15) is 21.7 Å². The van der Waals surface area contributed by atoms with E-state index in [2.05, 4.69) is 9.71 Å². The summed E-state index contributed by atoms with van der Waals surface area (Å²) in [7, 11) is -3.87. The van der Waals surface area contributed by atoms with Gasteiger partial charge in [-0.25, -0.2) is 17.8 Å². The van der Waals surface area contributed by atoms with Crippen LogP contribution in [0.5, 0.6) is 0 Å². The van der Waals surface area contributed by atoms with Gasteiger partial charge in [-0.3, -0.25) is 4.72 Å². The molecule has 0 unspecified atom stereocenters. The number of rotatable bonds is 3. The van der Waals surface area contributed by atoms with Crippen LogP contribution in [0.4, 0.5) is 15.2 Å². The van der Waals surface area contributed by atoms with Crippen molar-refractivity contribution >= 4 is 32.2 Å². The standard InChI is InChI=1S/C13H16FN3O2S2/c1-6-5-10(14)11(15)7(2)12(6)21(18,19)17-13-16-8(3)9(4)20-13/h5H,15H2,1-4H3,(H,16,17). The summed E-state index contributed by atoms with van der Waals surface area (Å²) in [6, 6.07) is 1.12. The van der Waals surface area contributed by atoms with E-state index < -0.39 is 15.8 Å². The molecule has 2 aromatic rings. The molecule has 1 aromatic heterocycles. The number of anilines is 2. The molecule has 114 valence electrons.